The molecule has 4 rings (SSSR count). The van der Waals surface area contributed by atoms with Gasteiger partial charge in [-0.2, -0.15) is 5.10 Å². The van der Waals surface area contributed by atoms with Gasteiger partial charge < -0.3 is 20.1 Å². The molecule has 3 aromatic rings. The van der Waals surface area contributed by atoms with Gasteiger partial charge in [0.25, 0.3) is 5.91 Å². The molecule has 2 N–H and O–H groups in total. The molecule has 152 valence electrons. The van der Waals surface area contributed by atoms with Crippen LogP contribution in [0.5, 0.6) is 11.5 Å². The second-order valence-corrected chi connectivity index (χ2v) is 6.82. The number of amides is 1. The predicted octanol–water partition coefficient (Wildman–Crippen LogP) is 1.35. The number of nitrogens with zero attached hydrogens (tertiary/aromatic N) is 4. The number of hydrogen-bond acceptors (Lipinski definition) is 7. The van der Waals surface area contributed by atoms with Crippen molar-refractivity contribution in [1.82, 2.24) is 30.4 Å². The number of rotatable bonds is 7. The van der Waals surface area contributed by atoms with Gasteiger partial charge in [0.15, 0.2) is 17.1 Å². The molecular formula is C20H24N6O3. The number of fused-ring (bicyclic) bond motifs is 1. The smallest absolute Gasteiger partial charge is 0.255 e. The number of ether oxygens (including phenoxy) is 2. The number of aromatic nitrogens is 4. The molecule has 29 heavy (non-hydrogen) atoms. The van der Waals surface area contributed by atoms with Crippen molar-refractivity contribution in [3.05, 3.63) is 41.9 Å². The number of methoxy groups -OCH3 is 2. The Balaban J connectivity index is 1.49. The van der Waals surface area contributed by atoms with Gasteiger partial charge in [0.2, 0.25) is 0 Å². The fourth-order valence-corrected chi connectivity index (χ4v) is 3.68. The monoisotopic (exact) mass is 396 g/mol. The van der Waals surface area contributed by atoms with Crippen LogP contribution in [-0.4, -0.2) is 59.5 Å². The summed E-state index contributed by atoms with van der Waals surface area (Å²) < 4.78 is 12.4. The van der Waals surface area contributed by atoms with Crippen LogP contribution in [0.4, 0.5) is 0 Å². The molecular weight excluding hydrogens is 372 g/mol. The fourth-order valence-electron chi connectivity index (χ4n) is 3.68. The Kier molecular flexibility index (Phi) is 5.57. The van der Waals surface area contributed by atoms with E-state index in [1.807, 2.05) is 4.68 Å². The first kappa shape index (κ1) is 19.1. The maximum absolute atomic E-state index is 12.6. The molecule has 1 atom stereocenters. The minimum Gasteiger partial charge on any atom is -0.493 e. The Bertz CT molecular complexity index is 1010. The molecule has 1 amide bonds. The van der Waals surface area contributed by atoms with Crippen molar-refractivity contribution >= 4 is 17.1 Å². The standard InChI is InChI=1S/C20H24N6O3/c1-28-15-5-3-4-14(18(15)29-2)20(27)24-10-11-26-19-17(22-8-9-23-19)16(25-26)13-6-7-21-12-13/h3-5,8-9,13,21H,6-7,10-12H2,1-2H3,(H,24,27)/t13-/m1/s1. The molecule has 1 saturated heterocycles. The van der Waals surface area contributed by atoms with Crippen molar-refractivity contribution in [3.8, 4) is 11.5 Å². The van der Waals surface area contributed by atoms with Crippen molar-refractivity contribution in [2.24, 2.45) is 0 Å². The minimum atomic E-state index is -0.233. The summed E-state index contributed by atoms with van der Waals surface area (Å²) in [6, 6.07) is 5.22. The lowest BCUT2D eigenvalue weighted by molar-refractivity contribution is 0.0948. The van der Waals surface area contributed by atoms with Crippen molar-refractivity contribution in [3.63, 3.8) is 0 Å². The Hall–Kier alpha value is -3.20. The van der Waals surface area contributed by atoms with Gasteiger partial charge in [-0.15, -0.1) is 0 Å². The van der Waals surface area contributed by atoms with Crippen molar-refractivity contribution in [1.29, 1.82) is 0 Å². The van der Waals surface area contributed by atoms with Gasteiger partial charge in [0.1, 0.15) is 5.52 Å². The number of para-hydroxylation sites is 1. The number of carbonyl (C=O) groups excluding carboxylic acids is 1. The Morgan fingerprint density at radius 3 is 2.90 bits per heavy atom. The molecule has 0 aliphatic carbocycles. The quantitative estimate of drug-likeness (QED) is 0.621. The summed E-state index contributed by atoms with van der Waals surface area (Å²) in [7, 11) is 3.06. The third-order valence-electron chi connectivity index (χ3n) is 5.10. The fraction of sp³-hybridized carbons (Fsp3) is 0.400. The van der Waals surface area contributed by atoms with Crippen LogP contribution in [0.15, 0.2) is 30.6 Å². The molecule has 1 aromatic carbocycles. The molecule has 9 heteroatoms. The minimum absolute atomic E-state index is 0.233. The summed E-state index contributed by atoms with van der Waals surface area (Å²) in [6.07, 6.45) is 4.39. The zero-order valence-electron chi connectivity index (χ0n) is 16.5. The summed E-state index contributed by atoms with van der Waals surface area (Å²) in [6.45, 7) is 2.77. The number of carbonyl (C=O) groups is 1. The number of nitrogens with one attached hydrogen (secondary N) is 2. The lowest BCUT2D eigenvalue weighted by Crippen LogP contribution is -2.28. The van der Waals surface area contributed by atoms with Crippen LogP contribution in [0, 0.1) is 0 Å². The van der Waals surface area contributed by atoms with Crippen LogP contribution < -0.4 is 20.1 Å². The van der Waals surface area contributed by atoms with Gasteiger partial charge in [-0.3, -0.25) is 4.79 Å². The van der Waals surface area contributed by atoms with Crippen molar-refractivity contribution in [2.45, 2.75) is 18.9 Å². The third-order valence-corrected chi connectivity index (χ3v) is 5.10. The lowest BCUT2D eigenvalue weighted by atomic mass is 10.0. The SMILES string of the molecule is COc1cccc(C(=O)NCCn2nc([C@@H]3CCNC3)c3nccnc32)c1OC. The van der Waals surface area contributed by atoms with Crippen LogP contribution in [0.25, 0.3) is 11.2 Å². The zero-order valence-corrected chi connectivity index (χ0v) is 16.5. The van der Waals surface area contributed by atoms with E-state index in [4.69, 9.17) is 14.6 Å². The second kappa shape index (κ2) is 8.44. The van der Waals surface area contributed by atoms with E-state index in [1.54, 1.807) is 37.7 Å². The summed E-state index contributed by atoms with van der Waals surface area (Å²) >= 11 is 0. The van der Waals surface area contributed by atoms with Crippen LogP contribution in [0.3, 0.4) is 0 Å². The van der Waals surface area contributed by atoms with Gasteiger partial charge in [-0.05, 0) is 25.1 Å². The van der Waals surface area contributed by atoms with Gasteiger partial charge in [0.05, 0.1) is 32.0 Å². The van der Waals surface area contributed by atoms with Crippen LogP contribution in [-0.2, 0) is 6.54 Å². The molecule has 3 heterocycles. The predicted molar refractivity (Wildman–Crippen MR) is 107 cm³/mol. The van der Waals surface area contributed by atoms with E-state index in [-0.39, 0.29) is 5.91 Å². The highest BCUT2D eigenvalue weighted by Crippen LogP contribution is 2.30. The van der Waals surface area contributed by atoms with Gasteiger partial charge in [0, 0.05) is 31.4 Å². The molecule has 0 saturated carbocycles. The maximum atomic E-state index is 12.6. The van der Waals surface area contributed by atoms with E-state index < -0.39 is 0 Å². The zero-order chi connectivity index (χ0) is 20.2. The molecule has 1 fully saturated rings. The Labute approximate surface area is 168 Å². The van der Waals surface area contributed by atoms with Crippen molar-refractivity contribution < 1.29 is 14.3 Å². The number of hydrogen-bond donors (Lipinski definition) is 2. The first-order valence-electron chi connectivity index (χ1n) is 9.60. The molecule has 9 nitrogen and oxygen atoms in total. The molecule has 1 aliphatic rings. The normalized spacial score (nSPS) is 16.1. The van der Waals surface area contributed by atoms with E-state index in [0.717, 1.165) is 36.4 Å². The van der Waals surface area contributed by atoms with E-state index in [9.17, 15) is 4.79 Å². The summed E-state index contributed by atoms with van der Waals surface area (Å²) in [5.74, 6) is 1.04. The average Bonchev–Trinajstić information content (AvgIpc) is 3.41. The van der Waals surface area contributed by atoms with E-state index in [2.05, 4.69) is 20.6 Å². The second-order valence-electron chi connectivity index (χ2n) is 6.82. The third kappa shape index (κ3) is 3.73. The Morgan fingerprint density at radius 2 is 2.14 bits per heavy atom. The van der Waals surface area contributed by atoms with Crippen molar-refractivity contribution in [2.75, 3.05) is 33.9 Å². The van der Waals surface area contributed by atoms with Crippen LogP contribution in [0.1, 0.15) is 28.4 Å². The molecule has 1 aliphatic heterocycles. The number of benzene rings is 1. The largest absolute Gasteiger partial charge is 0.493 e. The highest BCUT2D eigenvalue weighted by molar-refractivity contribution is 5.97. The van der Waals surface area contributed by atoms with E-state index >= 15 is 0 Å². The molecule has 0 bridgehead atoms. The highest BCUT2D eigenvalue weighted by Gasteiger charge is 2.24. The van der Waals surface area contributed by atoms with E-state index in [1.165, 1.54) is 7.11 Å². The van der Waals surface area contributed by atoms with Gasteiger partial charge in [-0.25, -0.2) is 14.6 Å². The highest BCUT2D eigenvalue weighted by atomic mass is 16.5. The van der Waals surface area contributed by atoms with E-state index in [0.29, 0.717) is 36.1 Å². The molecule has 0 spiro atoms. The van der Waals surface area contributed by atoms with Crippen LogP contribution >= 0.6 is 0 Å². The summed E-state index contributed by atoms with van der Waals surface area (Å²) in [4.78, 5) is 21.6. The molecule has 0 radical (unpaired) electrons. The Morgan fingerprint density at radius 1 is 1.28 bits per heavy atom. The molecule has 2 aromatic heterocycles. The maximum Gasteiger partial charge on any atom is 0.255 e. The van der Waals surface area contributed by atoms with Gasteiger partial charge in [-0.1, -0.05) is 6.07 Å². The summed E-state index contributed by atoms with van der Waals surface area (Å²) in [5, 5.41) is 11.0. The first-order chi connectivity index (χ1) is 14.2. The lowest BCUT2D eigenvalue weighted by Gasteiger charge is -2.12. The topological polar surface area (TPSA) is 103 Å². The van der Waals surface area contributed by atoms with Gasteiger partial charge >= 0.3 is 0 Å². The summed E-state index contributed by atoms with van der Waals surface area (Å²) in [5.41, 5.74) is 2.97. The first-order valence-corrected chi connectivity index (χ1v) is 9.60. The van der Waals surface area contributed by atoms with Crippen LogP contribution in [0.2, 0.25) is 0 Å². The average molecular weight is 396 g/mol. The molecule has 0 unspecified atom stereocenters.